The third-order valence-electron chi connectivity index (χ3n) is 3.91. The first-order valence-electron chi connectivity index (χ1n) is 9.04. The zero-order valence-corrected chi connectivity index (χ0v) is 16.3. The fourth-order valence-electron chi connectivity index (χ4n) is 2.41. The van der Waals surface area contributed by atoms with Crippen LogP contribution in [0.3, 0.4) is 0 Å². The van der Waals surface area contributed by atoms with Crippen molar-refractivity contribution in [2.75, 3.05) is 13.7 Å². The molecule has 0 spiro atoms. The molecule has 2 aromatic rings. The number of benzene rings is 2. The third-order valence-corrected chi connectivity index (χ3v) is 3.91. The van der Waals surface area contributed by atoms with E-state index in [-0.39, 0.29) is 5.91 Å². The summed E-state index contributed by atoms with van der Waals surface area (Å²) in [7, 11) is 1.59. The highest BCUT2D eigenvalue weighted by molar-refractivity contribution is 5.90. The van der Waals surface area contributed by atoms with Gasteiger partial charge in [-0.15, -0.1) is 0 Å². The summed E-state index contributed by atoms with van der Waals surface area (Å²) in [6.07, 6.45) is 1.98. The van der Waals surface area contributed by atoms with Gasteiger partial charge in [0.15, 0.2) is 6.10 Å². The van der Waals surface area contributed by atoms with Crippen LogP contribution in [-0.2, 0) is 20.9 Å². The van der Waals surface area contributed by atoms with Crippen molar-refractivity contribution >= 4 is 18.0 Å². The van der Waals surface area contributed by atoms with E-state index in [1.165, 1.54) is 13.0 Å². The van der Waals surface area contributed by atoms with E-state index in [9.17, 15) is 9.59 Å². The quantitative estimate of drug-likeness (QED) is 0.531. The van der Waals surface area contributed by atoms with Gasteiger partial charge >= 0.3 is 5.97 Å². The van der Waals surface area contributed by atoms with E-state index in [2.05, 4.69) is 5.32 Å². The molecule has 0 aliphatic heterocycles. The van der Waals surface area contributed by atoms with Crippen LogP contribution in [0.25, 0.3) is 6.08 Å². The van der Waals surface area contributed by atoms with E-state index in [0.29, 0.717) is 18.9 Å². The molecule has 1 atom stereocenters. The fourth-order valence-corrected chi connectivity index (χ4v) is 2.41. The number of amides is 1. The van der Waals surface area contributed by atoms with Gasteiger partial charge in [-0.2, -0.15) is 0 Å². The standard InChI is InChI=1S/C22H25NO5/c1-4-27-20-8-6-5-7-18(20)11-14-21(24)28-16(2)22(25)23-15-17-9-12-19(26-3)13-10-17/h5-14,16H,4,15H2,1-3H3,(H,23,25)/b14-11+/t16-/m0/s1. The first-order chi connectivity index (χ1) is 13.5. The molecule has 0 saturated carbocycles. The number of hydrogen-bond donors (Lipinski definition) is 1. The molecule has 0 saturated heterocycles. The summed E-state index contributed by atoms with van der Waals surface area (Å²) >= 11 is 0. The molecule has 0 aliphatic carbocycles. The van der Waals surface area contributed by atoms with Crippen molar-refractivity contribution in [2.45, 2.75) is 26.5 Å². The van der Waals surface area contributed by atoms with Crippen LogP contribution in [-0.4, -0.2) is 31.7 Å². The maximum Gasteiger partial charge on any atom is 0.331 e. The Kier molecular flexibility index (Phi) is 8.09. The lowest BCUT2D eigenvalue weighted by molar-refractivity contribution is -0.150. The summed E-state index contributed by atoms with van der Waals surface area (Å²) in [5.74, 6) is 0.458. The fraction of sp³-hybridized carbons (Fsp3) is 0.273. The lowest BCUT2D eigenvalue weighted by Crippen LogP contribution is -2.35. The van der Waals surface area contributed by atoms with Crippen molar-refractivity contribution in [1.29, 1.82) is 0 Å². The number of carbonyl (C=O) groups is 2. The molecule has 0 aliphatic rings. The van der Waals surface area contributed by atoms with Crippen molar-refractivity contribution in [3.8, 4) is 11.5 Å². The molecule has 0 fully saturated rings. The minimum absolute atomic E-state index is 0.336. The van der Waals surface area contributed by atoms with E-state index < -0.39 is 12.1 Å². The topological polar surface area (TPSA) is 73.9 Å². The normalized spacial score (nSPS) is 11.7. The number of carbonyl (C=O) groups excluding carboxylic acids is 2. The van der Waals surface area contributed by atoms with Crippen molar-refractivity contribution < 1.29 is 23.8 Å². The SMILES string of the molecule is CCOc1ccccc1/C=C/C(=O)O[C@@H](C)C(=O)NCc1ccc(OC)cc1. The van der Waals surface area contributed by atoms with Gasteiger partial charge in [0, 0.05) is 18.2 Å². The molecule has 1 N–H and O–H groups in total. The van der Waals surface area contributed by atoms with Gasteiger partial charge in [-0.3, -0.25) is 4.79 Å². The van der Waals surface area contributed by atoms with E-state index in [4.69, 9.17) is 14.2 Å². The summed E-state index contributed by atoms with van der Waals surface area (Å²) in [5.41, 5.74) is 1.68. The van der Waals surface area contributed by atoms with Crippen molar-refractivity contribution in [1.82, 2.24) is 5.32 Å². The Bertz CT molecular complexity index is 814. The Morgan fingerprint density at radius 1 is 1.11 bits per heavy atom. The molecule has 6 heteroatoms. The first-order valence-corrected chi connectivity index (χ1v) is 9.04. The number of para-hydroxylation sites is 1. The summed E-state index contributed by atoms with van der Waals surface area (Å²) in [4.78, 5) is 24.1. The van der Waals surface area contributed by atoms with Crippen LogP contribution in [0.2, 0.25) is 0 Å². The first kappa shape index (κ1) is 21.0. The predicted octanol–water partition coefficient (Wildman–Crippen LogP) is 3.36. The highest BCUT2D eigenvalue weighted by atomic mass is 16.5. The lowest BCUT2D eigenvalue weighted by atomic mass is 10.2. The second-order valence-corrected chi connectivity index (χ2v) is 5.95. The Balaban J connectivity index is 1.84. The second kappa shape index (κ2) is 10.8. The van der Waals surface area contributed by atoms with Gasteiger partial charge in [0.2, 0.25) is 0 Å². The summed E-state index contributed by atoms with van der Waals surface area (Å²) in [6, 6.07) is 14.7. The van der Waals surface area contributed by atoms with Crippen molar-refractivity contribution in [2.24, 2.45) is 0 Å². The largest absolute Gasteiger partial charge is 0.497 e. The minimum atomic E-state index is -0.905. The highest BCUT2D eigenvalue weighted by Gasteiger charge is 2.16. The molecule has 6 nitrogen and oxygen atoms in total. The molecule has 2 rings (SSSR count). The number of nitrogens with one attached hydrogen (secondary N) is 1. The Morgan fingerprint density at radius 3 is 2.50 bits per heavy atom. The summed E-state index contributed by atoms with van der Waals surface area (Å²) in [6.45, 7) is 4.28. The van der Waals surface area contributed by atoms with Crippen LogP contribution >= 0.6 is 0 Å². The number of rotatable bonds is 9. The highest BCUT2D eigenvalue weighted by Crippen LogP contribution is 2.19. The maximum atomic E-state index is 12.1. The van der Waals surface area contributed by atoms with Gasteiger partial charge in [0.05, 0.1) is 13.7 Å². The third kappa shape index (κ3) is 6.46. The van der Waals surface area contributed by atoms with Crippen LogP contribution in [0.1, 0.15) is 25.0 Å². The smallest absolute Gasteiger partial charge is 0.331 e. The molecule has 0 heterocycles. The molecule has 0 unspecified atom stereocenters. The number of hydrogen-bond acceptors (Lipinski definition) is 5. The molecule has 148 valence electrons. The molecule has 28 heavy (non-hydrogen) atoms. The van der Waals surface area contributed by atoms with Crippen molar-refractivity contribution in [3.63, 3.8) is 0 Å². The monoisotopic (exact) mass is 383 g/mol. The van der Waals surface area contributed by atoms with Crippen LogP contribution < -0.4 is 14.8 Å². The zero-order valence-electron chi connectivity index (χ0n) is 16.3. The number of esters is 1. The van der Waals surface area contributed by atoms with Crippen LogP contribution in [0.4, 0.5) is 0 Å². The Morgan fingerprint density at radius 2 is 1.82 bits per heavy atom. The van der Waals surface area contributed by atoms with Gasteiger partial charge < -0.3 is 19.5 Å². The van der Waals surface area contributed by atoms with Crippen LogP contribution in [0.5, 0.6) is 11.5 Å². The number of methoxy groups -OCH3 is 1. The zero-order chi connectivity index (χ0) is 20.4. The minimum Gasteiger partial charge on any atom is -0.497 e. The van der Waals surface area contributed by atoms with Gasteiger partial charge in [-0.25, -0.2) is 4.79 Å². The molecule has 0 aromatic heterocycles. The summed E-state index contributed by atoms with van der Waals surface area (Å²) in [5, 5.41) is 2.74. The predicted molar refractivity (Wildman–Crippen MR) is 107 cm³/mol. The van der Waals surface area contributed by atoms with E-state index in [1.54, 1.807) is 13.2 Å². The van der Waals surface area contributed by atoms with E-state index >= 15 is 0 Å². The van der Waals surface area contributed by atoms with Crippen LogP contribution in [0.15, 0.2) is 54.6 Å². The average Bonchev–Trinajstić information content (AvgIpc) is 2.72. The van der Waals surface area contributed by atoms with Gasteiger partial charge in [0.25, 0.3) is 5.91 Å². The maximum absolute atomic E-state index is 12.1. The molecule has 1 amide bonds. The molecule has 0 bridgehead atoms. The Labute approximate surface area is 165 Å². The second-order valence-electron chi connectivity index (χ2n) is 5.95. The van der Waals surface area contributed by atoms with Gasteiger partial charge in [-0.1, -0.05) is 30.3 Å². The molecule has 0 radical (unpaired) electrons. The number of ether oxygens (including phenoxy) is 3. The summed E-state index contributed by atoms with van der Waals surface area (Å²) < 4.78 is 15.8. The van der Waals surface area contributed by atoms with Crippen LogP contribution in [0, 0.1) is 0 Å². The van der Waals surface area contributed by atoms with E-state index in [0.717, 1.165) is 16.9 Å². The van der Waals surface area contributed by atoms with Gasteiger partial charge in [0.1, 0.15) is 11.5 Å². The Hall–Kier alpha value is -3.28. The van der Waals surface area contributed by atoms with E-state index in [1.807, 2.05) is 55.5 Å². The molecule has 2 aromatic carbocycles. The molecular formula is C22H25NO5. The average molecular weight is 383 g/mol. The van der Waals surface area contributed by atoms with Gasteiger partial charge in [-0.05, 0) is 43.7 Å². The lowest BCUT2D eigenvalue weighted by Gasteiger charge is -2.12. The van der Waals surface area contributed by atoms with Crippen molar-refractivity contribution in [3.05, 3.63) is 65.7 Å². The molecular weight excluding hydrogens is 358 g/mol.